The summed E-state index contributed by atoms with van der Waals surface area (Å²) < 4.78 is 0. The molecule has 2 atom stereocenters. The number of phenols is 2. The first-order chi connectivity index (χ1) is 10.2. The van der Waals surface area contributed by atoms with Crippen LogP contribution >= 0.6 is 0 Å². The number of nitrogens with zero attached hydrogens (tertiary/aromatic N) is 2. The standard InChI is InChI=1S/C18H28N2O2/c1-18(2,3)9-13-10-20-6-5-12-7-16(21)17(22)8-14(12)15(20)11-19(13)4/h7-8,13,15,21-22H,5-6,9-11H2,1-4H3. The van der Waals surface area contributed by atoms with E-state index >= 15 is 0 Å². The van der Waals surface area contributed by atoms with E-state index in [0.717, 1.165) is 26.1 Å². The summed E-state index contributed by atoms with van der Waals surface area (Å²) in [6, 6.07) is 4.42. The molecule has 122 valence electrons. The summed E-state index contributed by atoms with van der Waals surface area (Å²) in [6.07, 6.45) is 2.14. The Morgan fingerprint density at radius 1 is 1.14 bits per heavy atom. The van der Waals surface area contributed by atoms with Gasteiger partial charge in [0.25, 0.3) is 0 Å². The number of phenolic OH excluding ortho intramolecular Hbond substituents is 2. The van der Waals surface area contributed by atoms with Crippen molar-refractivity contribution in [1.82, 2.24) is 9.80 Å². The number of aromatic hydroxyl groups is 2. The molecule has 2 unspecified atom stereocenters. The Hall–Kier alpha value is -1.26. The van der Waals surface area contributed by atoms with Crippen molar-refractivity contribution in [3.63, 3.8) is 0 Å². The highest BCUT2D eigenvalue weighted by molar-refractivity contribution is 5.48. The van der Waals surface area contributed by atoms with Crippen LogP contribution in [0.4, 0.5) is 0 Å². The number of piperazine rings is 1. The number of hydrogen-bond donors (Lipinski definition) is 2. The topological polar surface area (TPSA) is 46.9 Å². The molecule has 0 amide bonds. The van der Waals surface area contributed by atoms with Gasteiger partial charge in [-0.15, -0.1) is 0 Å². The van der Waals surface area contributed by atoms with Gasteiger partial charge >= 0.3 is 0 Å². The Balaban J connectivity index is 1.84. The van der Waals surface area contributed by atoms with E-state index in [0.29, 0.717) is 17.5 Å². The van der Waals surface area contributed by atoms with Crippen molar-refractivity contribution >= 4 is 0 Å². The van der Waals surface area contributed by atoms with Crippen LogP contribution in [-0.2, 0) is 6.42 Å². The van der Waals surface area contributed by atoms with Gasteiger partial charge in [0.15, 0.2) is 11.5 Å². The third-order valence-corrected chi connectivity index (χ3v) is 5.08. The molecule has 2 heterocycles. The second kappa shape index (κ2) is 5.43. The summed E-state index contributed by atoms with van der Waals surface area (Å²) in [6.45, 7) is 10.0. The number of hydrogen-bond acceptors (Lipinski definition) is 4. The Morgan fingerprint density at radius 2 is 1.82 bits per heavy atom. The zero-order valence-electron chi connectivity index (χ0n) is 14.1. The van der Waals surface area contributed by atoms with Crippen molar-refractivity contribution < 1.29 is 10.2 Å². The highest BCUT2D eigenvalue weighted by Gasteiger charge is 2.37. The molecule has 2 aliphatic rings. The summed E-state index contributed by atoms with van der Waals surface area (Å²) in [5.74, 6) is 0.00189. The third-order valence-electron chi connectivity index (χ3n) is 5.08. The van der Waals surface area contributed by atoms with Crippen LogP contribution in [0.25, 0.3) is 0 Å². The average Bonchev–Trinajstić information content (AvgIpc) is 2.40. The maximum Gasteiger partial charge on any atom is 0.157 e. The van der Waals surface area contributed by atoms with Crippen LogP contribution in [-0.4, -0.2) is 52.7 Å². The second-order valence-corrected chi connectivity index (χ2v) is 8.16. The predicted octanol–water partition coefficient (Wildman–Crippen LogP) is 2.75. The van der Waals surface area contributed by atoms with E-state index in [-0.39, 0.29) is 11.5 Å². The molecule has 2 aliphatic heterocycles. The third kappa shape index (κ3) is 2.95. The Bertz CT molecular complexity index is 565. The molecule has 0 aromatic heterocycles. The van der Waals surface area contributed by atoms with E-state index in [1.807, 2.05) is 0 Å². The van der Waals surface area contributed by atoms with Crippen LogP contribution in [0.15, 0.2) is 12.1 Å². The largest absolute Gasteiger partial charge is 0.504 e. The van der Waals surface area contributed by atoms with Crippen LogP contribution in [0.5, 0.6) is 11.5 Å². The maximum atomic E-state index is 9.85. The highest BCUT2D eigenvalue weighted by atomic mass is 16.3. The van der Waals surface area contributed by atoms with Crippen molar-refractivity contribution in [2.45, 2.75) is 45.7 Å². The van der Waals surface area contributed by atoms with E-state index in [1.165, 1.54) is 17.5 Å². The van der Waals surface area contributed by atoms with Crippen molar-refractivity contribution in [3.8, 4) is 11.5 Å². The van der Waals surface area contributed by atoms with E-state index in [1.54, 1.807) is 12.1 Å². The number of likely N-dealkylation sites (N-methyl/N-ethyl adjacent to an activating group) is 1. The fourth-order valence-corrected chi connectivity index (χ4v) is 3.97. The van der Waals surface area contributed by atoms with Gasteiger partial charge in [0.05, 0.1) is 0 Å². The molecule has 1 aromatic carbocycles. The molecule has 0 bridgehead atoms. The van der Waals surface area contributed by atoms with Crippen LogP contribution in [0, 0.1) is 5.41 Å². The smallest absolute Gasteiger partial charge is 0.157 e. The molecule has 1 aromatic rings. The first-order valence-electron chi connectivity index (χ1n) is 8.23. The summed E-state index contributed by atoms with van der Waals surface area (Å²) in [4.78, 5) is 5.01. The number of benzene rings is 1. The second-order valence-electron chi connectivity index (χ2n) is 8.16. The van der Waals surface area contributed by atoms with Gasteiger partial charge in [0.2, 0.25) is 0 Å². The molecule has 4 nitrogen and oxygen atoms in total. The van der Waals surface area contributed by atoms with Gasteiger partial charge in [-0.3, -0.25) is 4.90 Å². The molecule has 1 fully saturated rings. The van der Waals surface area contributed by atoms with Crippen molar-refractivity contribution in [2.24, 2.45) is 5.41 Å². The lowest BCUT2D eigenvalue weighted by Gasteiger charge is -2.49. The van der Waals surface area contributed by atoms with E-state index < -0.39 is 0 Å². The molecule has 2 N–H and O–H groups in total. The zero-order chi connectivity index (χ0) is 16.1. The quantitative estimate of drug-likeness (QED) is 0.783. The molecular weight excluding hydrogens is 276 g/mol. The van der Waals surface area contributed by atoms with Crippen LogP contribution in [0.3, 0.4) is 0 Å². The highest BCUT2D eigenvalue weighted by Crippen LogP contribution is 2.40. The van der Waals surface area contributed by atoms with Crippen LogP contribution in [0.2, 0.25) is 0 Å². The lowest BCUT2D eigenvalue weighted by molar-refractivity contribution is 0.0213. The summed E-state index contributed by atoms with van der Waals surface area (Å²) in [5.41, 5.74) is 2.70. The molecule has 4 heteroatoms. The molecular formula is C18H28N2O2. The van der Waals surface area contributed by atoms with Gasteiger partial charge in [-0.1, -0.05) is 20.8 Å². The minimum atomic E-state index is 0.0000630. The molecule has 3 rings (SSSR count). The molecule has 0 saturated carbocycles. The first-order valence-corrected chi connectivity index (χ1v) is 8.23. The van der Waals surface area contributed by atoms with Crippen molar-refractivity contribution in [1.29, 1.82) is 0 Å². The lowest BCUT2D eigenvalue weighted by atomic mass is 9.84. The van der Waals surface area contributed by atoms with Gasteiger partial charge in [0, 0.05) is 31.7 Å². The number of rotatable bonds is 1. The van der Waals surface area contributed by atoms with E-state index in [2.05, 4.69) is 37.6 Å². The van der Waals surface area contributed by atoms with Gasteiger partial charge in [-0.25, -0.2) is 0 Å². The maximum absolute atomic E-state index is 9.85. The fraction of sp³-hybridized carbons (Fsp3) is 0.667. The average molecular weight is 304 g/mol. The molecule has 22 heavy (non-hydrogen) atoms. The zero-order valence-corrected chi connectivity index (χ0v) is 14.1. The molecule has 0 aliphatic carbocycles. The van der Waals surface area contributed by atoms with E-state index in [4.69, 9.17) is 0 Å². The Kier molecular flexibility index (Phi) is 3.86. The summed E-state index contributed by atoms with van der Waals surface area (Å²) >= 11 is 0. The van der Waals surface area contributed by atoms with Gasteiger partial charge < -0.3 is 15.1 Å². The summed E-state index contributed by atoms with van der Waals surface area (Å²) in [7, 11) is 2.21. The van der Waals surface area contributed by atoms with Crippen molar-refractivity contribution in [2.75, 3.05) is 26.7 Å². The number of fused-ring (bicyclic) bond motifs is 3. The first kappa shape index (κ1) is 15.6. The van der Waals surface area contributed by atoms with Gasteiger partial charge in [0.1, 0.15) is 0 Å². The lowest BCUT2D eigenvalue weighted by Crippen LogP contribution is -2.55. The predicted molar refractivity (Wildman–Crippen MR) is 88.3 cm³/mol. The monoisotopic (exact) mass is 304 g/mol. The Morgan fingerprint density at radius 3 is 2.50 bits per heavy atom. The summed E-state index contributed by atoms with van der Waals surface area (Å²) in [5, 5.41) is 19.6. The molecule has 0 spiro atoms. The van der Waals surface area contributed by atoms with Crippen LogP contribution in [0.1, 0.15) is 44.4 Å². The normalized spacial score (nSPS) is 26.5. The minimum absolute atomic E-state index is 0.0000630. The molecule has 1 saturated heterocycles. The fourth-order valence-electron chi connectivity index (χ4n) is 3.97. The minimum Gasteiger partial charge on any atom is -0.504 e. The van der Waals surface area contributed by atoms with E-state index in [9.17, 15) is 10.2 Å². The Labute approximate surface area is 133 Å². The SMILES string of the molecule is CN1CC2c3cc(O)c(O)cc3CCN2CC1CC(C)(C)C. The van der Waals surface area contributed by atoms with Crippen molar-refractivity contribution in [3.05, 3.63) is 23.3 Å². The molecule has 0 radical (unpaired) electrons. The van der Waals surface area contributed by atoms with Crippen LogP contribution < -0.4 is 0 Å². The van der Waals surface area contributed by atoms with Gasteiger partial charge in [-0.2, -0.15) is 0 Å². The van der Waals surface area contributed by atoms with Gasteiger partial charge in [-0.05, 0) is 48.6 Å².